The van der Waals surface area contributed by atoms with Gasteiger partial charge < -0.3 is 9.47 Å². The molecule has 140 valence electrons. The average molecular weight is 429 g/mol. The summed E-state index contributed by atoms with van der Waals surface area (Å²) in [4.78, 5) is 12.8. The Labute approximate surface area is 167 Å². The van der Waals surface area contributed by atoms with E-state index in [9.17, 15) is 4.79 Å². The molecule has 6 heteroatoms. The highest BCUT2D eigenvalue weighted by Crippen LogP contribution is 2.37. The number of carbonyl (C=O) groups is 1. The number of carbonyl (C=O) groups excluding carboxylic acids is 1. The fourth-order valence-corrected chi connectivity index (χ4v) is 3.34. The summed E-state index contributed by atoms with van der Waals surface area (Å²) >= 11 is 3.54. The highest BCUT2D eigenvalue weighted by atomic mass is 79.9. The maximum atomic E-state index is 12.8. The van der Waals surface area contributed by atoms with E-state index in [1.54, 1.807) is 7.11 Å². The molecule has 1 heterocycles. The number of ether oxygens (including phenoxy) is 2. The number of nitrogens with zero attached hydrogens (tertiary/aromatic N) is 2. The fraction of sp³-hybridized carbons (Fsp3) is 0.238. The van der Waals surface area contributed by atoms with E-state index >= 15 is 0 Å². The maximum Gasteiger partial charge on any atom is 0.280 e. The number of anilines is 1. The van der Waals surface area contributed by atoms with E-state index in [0.29, 0.717) is 29.4 Å². The molecule has 2 aromatic rings. The molecule has 3 rings (SSSR count). The van der Waals surface area contributed by atoms with Crippen LogP contribution < -0.4 is 14.5 Å². The molecule has 0 atom stereocenters. The summed E-state index contributed by atoms with van der Waals surface area (Å²) in [5.74, 6) is 1.13. The van der Waals surface area contributed by atoms with Gasteiger partial charge in [0.1, 0.15) is 0 Å². The Morgan fingerprint density at radius 1 is 1.22 bits per heavy atom. The number of benzene rings is 2. The largest absolute Gasteiger partial charge is 0.493 e. The highest BCUT2D eigenvalue weighted by molar-refractivity contribution is 9.10. The molecule has 0 saturated carbocycles. The molecular weight excluding hydrogens is 408 g/mol. The molecule has 0 aliphatic carbocycles. The molecule has 0 spiro atoms. The zero-order valence-electron chi connectivity index (χ0n) is 15.5. The van der Waals surface area contributed by atoms with Gasteiger partial charge in [0.25, 0.3) is 5.91 Å². The van der Waals surface area contributed by atoms with Crippen LogP contribution in [0.1, 0.15) is 25.8 Å². The van der Waals surface area contributed by atoms with Gasteiger partial charge in [0.2, 0.25) is 0 Å². The molecule has 0 N–H and O–H groups in total. The first-order valence-electron chi connectivity index (χ1n) is 8.72. The minimum Gasteiger partial charge on any atom is -0.493 e. The third-order valence-corrected chi connectivity index (χ3v) is 4.67. The van der Waals surface area contributed by atoms with Crippen molar-refractivity contribution < 1.29 is 14.3 Å². The van der Waals surface area contributed by atoms with Crippen LogP contribution in [0.4, 0.5) is 5.69 Å². The van der Waals surface area contributed by atoms with Crippen LogP contribution in [0.25, 0.3) is 6.08 Å². The van der Waals surface area contributed by atoms with Gasteiger partial charge >= 0.3 is 0 Å². The molecule has 2 aromatic carbocycles. The molecule has 1 aliphatic rings. The molecule has 1 aliphatic heterocycles. The van der Waals surface area contributed by atoms with Gasteiger partial charge in [-0.2, -0.15) is 10.1 Å². The summed E-state index contributed by atoms with van der Waals surface area (Å²) in [6.45, 7) is 4.48. The Kier molecular flexibility index (Phi) is 5.96. The maximum absolute atomic E-state index is 12.8. The molecule has 5 nitrogen and oxygen atoms in total. The van der Waals surface area contributed by atoms with Gasteiger partial charge in [-0.15, -0.1) is 0 Å². The minimum absolute atomic E-state index is 0.153. The number of rotatable bonds is 6. The second kappa shape index (κ2) is 8.39. The van der Waals surface area contributed by atoms with Crippen LogP contribution in [0.3, 0.4) is 0 Å². The molecule has 27 heavy (non-hydrogen) atoms. The van der Waals surface area contributed by atoms with Crippen molar-refractivity contribution >= 4 is 39.3 Å². The van der Waals surface area contributed by atoms with Gasteiger partial charge in [-0.3, -0.25) is 4.79 Å². The highest BCUT2D eigenvalue weighted by Gasteiger charge is 2.28. The minimum atomic E-state index is -0.153. The number of halogens is 1. The Bertz CT molecular complexity index is 907. The second-order valence-corrected chi connectivity index (χ2v) is 6.93. The first-order valence-corrected chi connectivity index (χ1v) is 9.51. The van der Waals surface area contributed by atoms with E-state index < -0.39 is 0 Å². The van der Waals surface area contributed by atoms with E-state index in [4.69, 9.17) is 9.47 Å². The SMILES string of the molecule is CCCOc1c(Br)cc(C=C2C(=O)N(c3ccccc3)N=C2C)cc1OC. The number of hydrogen-bond donors (Lipinski definition) is 0. The van der Waals surface area contributed by atoms with Crippen molar-refractivity contribution in [3.05, 3.63) is 58.1 Å². The van der Waals surface area contributed by atoms with Crippen molar-refractivity contribution in [2.24, 2.45) is 5.10 Å². The number of hydrogen-bond acceptors (Lipinski definition) is 4. The topological polar surface area (TPSA) is 51.1 Å². The summed E-state index contributed by atoms with van der Waals surface area (Å²) < 4.78 is 12.0. The molecule has 0 radical (unpaired) electrons. The van der Waals surface area contributed by atoms with E-state index in [2.05, 4.69) is 21.0 Å². The molecule has 0 saturated heterocycles. The second-order valence-electron chi connectivity index (χ2n) is 6.08. The summed E-state index contributed by atoms with van der Waals surface area (Å²) in [6, 6.07) is 13.1. The average Bonchev–Trinajstić information content (AvgIpc) is 2.95. The van der Waals surface area contributed by atoms with Crippen LogP contribution in [0.15, 0.2) is 57.6 Å². The van der Waals surface area contributed by atoms with Gasteiger partial charge in [-0.25, -0.2) is 0 Å². The van der Waals surface area contributed by atoms with Crippen LogP contribution in [-0.4, -0.2) is 25.3 Å². The third kappa shape index (κ3) is 4.06. The van der Waals surface area contributed by atoms with E-state index in [0.717, 1.165) is 22.1 Å². The van der Waals surface area contributed by atoms with Crippen LogP contribution in [0.5, 0.6) is 11.5 Å². The molecule has 0 unspecified atom stereocenters. The molecule has 0 aromatic heterocycles. The Balaban J connectivity index is 1.94. The Morgan fingerprint density at radius 3 is 2.63 bits per heavy atom. The van der Waals surface area contributed by atoms with E-state index in [-0.39, 0.29) is 5.91 Å². The summed E-state index contributed by atoms with van der Waals surface area (Å²) in [6.07, 6.45) is 2.72. The zero-order valence-corrected chi connectivity index (χ0v) is 17.1. The number of amides is 1. The molecule has 0 bridgehead atoms. The van der Waals surface area contributed by atoms with Crippen molar-refractivity contribution in [1.82, 2.24) is 0 Å². The van der Waals surface area contributed by atoms with Gasteiger partial charge in [0.05, 0.1) is 35.2 Å². The summed E-state index contributed by atoms with van der Waals surface area (Å²) in [5, 5.41) is 5.83. The number of hydrazone groups is 1. The fourth-order valence-electron chi connectivity index (χ4n) is 2.76. The molecule has 1 amide bonds. The van der Waals surface area contributed by atoms with Crippen molar-refractivity contribution in [1.29, 1.82) is 0 Å². The third-order valence-electron chi connectivity index (χ3n) is 4.08. The van der Waals surface area contributed by atoms with E-state index in [1.165, 1.54) is 5.01 Å². The van der Waals surface area contributed by atoms with Crippen molar-refractivity contribution in [2.45, 2.75) is 20.3 Å². The predicted molar refractivity (Wildman–Crippen MR) is 111 cm³/mol. The zero-order chi connectivity index (χ0) is 19.4. The van der Waals surface area contributed by atoms with Gasteiger partial charge in [0, 0.05) is 0 Å². The first kappa shape index (κ1) is 19.2. The van der Waals surface area contributed by atoms with Crippen molar-refractivity contribution in [3.8, 4) is 11.5 Å². The van der Waals surface area contributed by atoms with Crippen LogP contribution in [0, 0.1) is 0 Å². The number of para-hydroxylation sites is 1. The Morgan fingerprint density at radius 2 is 1.96 bits per heavy atom. The van der Waals surface area contributed by atoms with Crippen molar-refractivity contribution in [2.75, 3.05) is 18.7 Å². The number of methoxy groups -OCH3 is 1. The lowest BCUT2D eigenvalue weighted by molar-refractivity contribution is -0.114. The van der Waals surface area contributed by atoms with Crippen molar-refractivity contribution in [3.63, 3.8) is 0 Å². The molecule has 0 fully saturated rings. The standard InChI is InChI=1S/C21H21BrN2O3/c1-4-10-27-20-18(22)12-15(13-19(20)26-3)11-17-14(2)23-24(21(17)25)16-8-6-5-7-9-16/h5-9,11-13H,4,10H2,1-3H3. The first-order chi connectivity index (χ1) is 13.0. The normalized spacial score (nSPS) is 15.3. The van der Waals surface area contributed by atoms with Gasteiger partial charge in [-0.1, -0.05) is 25.1 Å². The lowest BCUT2D eigenvalue weighted by Gasteiger charge is -2.13. The summed E-state index contributed by atoms with van der Waals surface area (Å²) in [7, 11) is 1.60. The Hall–Kier alpha value is -2.60. The van der Waals surface area contributed by atoms with Gasteiger partial charge in [0.15, 0.2) is 11.5 Å². The predicted octanol–water partition coefficient (Wildman–Crippen LogP) is 5.05. The monoisotopic (exact) mass is 428 g/mol. The quantitative estimate of drug-likeness (QED) is 0.604. The van der Waals surface area contributed by atoms with Gasteiger partial charge in [-0.05, 0) is 65.2 Å². The van der Waals surface area contributed by atoms with Crippen LogP contribution in [-0.2, 0) is 4.79 Å². The lowest BCUT2D eigenvalue weighted by Crippen LogP contribution is -2.21. The smallest absolute Gasteiger partial charge is 0.280 e. The lowest BCUT2D eigenvalue weighted by atomic mass is 10.1. The molecular formula is C21H21BrN2O3. The summed E-state index contributed by atoms with van der Waals surface area (Å²) in [5.41, 5.74) is 2.79. The van der Waals surface area contributed by atoms with Crippen LogP contribution >= 0.6 is 15.9 Å². The van der Waals surface area contributed by atoms with Crippen LogP contribution in [0.2, 0.25) is 0 Å². The van der Waals surface area contributed by atoms with E-state index in [1.807, 2.05) is 62.4 Å².